The molecule has 26 heavy (non-hydrogen) atoms. The largest absolute Gasteiger partial charge is 1.00 e. The number of aliphatic hydroxyl groups is 1. The molecule has 1 atom stereocenters. The Labute approximate surface area is 174 Å². The molecule has 0 spiro atoms. The van der Waals surface area contributed by atoms with Gasteiger partial charge in [0.15, 0.2) is 0 Å². The summed E-state index contributed by atoms with van der Waals surface area (Å²) in [4.78, 5) is 23.0. The minimum atomic E-state index is -1.11. The SMILES string of the molecule is O=C([O-])CC1(CC(=O)Nc2cccc(C(O)c3ccccc3)c2)CC1.[Na+]. The zero-order valence-corrected chi connectivity index (χ0v) is 16.8. The van der Waals surface area contributed by atoms with Crippen molar-refractivity contribution in [3.05, 3.63) is 65.7 Å². The fraction of sp³-hybridized carbons (Fsp3) is 0.300. The van der Waals surface area contributed by atoms with Crippen molar-refractivity contribution in [2.75, 3.05) is 5.32 Å². The van der Waals surface area contributed by atoms with Crippen molar-refractivity contribution in [3.63, 3.8) is 0 Å². The molecule has 1 amide bonds. The van der Waals surface area contributed by atoms with E-state index in [0.29, 0.717) is 11.3 Å². The van der Waals surface area contributed by atoms with E-state index in [4.69, 9.17) is 0 Å². The van der Waals surface area contributed by atoms with Gasteiger partial charge in [-0.3, -0.25) is 4.79 Å². The molecule has 0 saturated heterocycles. The summed E-state index contributed by atoms with van der Waals surface area (Å²) < 4.78 is 0. The van der Waals surface area contributed by atoms with E-state index in [1.165, 1.54) is 0 Å². The summed E-state index contributed by atoms with van der Waals surface area (Å²) >= 11 is 0. The van der Waals surface area contributed by atoms with Gasteiger partial charge in [0.1, 0.15) is 6.10 Å². The number of aliphatic carboxylic acids is 1. The van der Waals surface area contributed by atoms with E-state index < -0.39 is 17.5 Å². The van der Waals surface area contributed by atoms with Gasteiger partial charge in [0.25, 0.3) is 0 Å². The summed E-state index contributed by atoms with van der Waals surface area (Å²) in [5, 5.41) is 24.0. The number of carboxylic acid groups (broad SMARTS) is 1. The molecule has 0 heterocycles. The number of anilines is 1. The van der Waals surface area contributed by atoms with Gasteiger partial charge in [-0.1, -0.05) is 42.5 Å². The van der Waals surface area contributed by atoms with E-state index in [1.807, 2.05) is 30.3 Å². The van der Waals surface area contributed by atoms with Crippen LogP contribution in [0.2, 0.25) is 0 Å². The van der Waals surface area contributed by atoms with E-state index in [1.54, 1.807) is 24.3 Å². The van der Waals surface area contributed by atoms with E-state index in [2.05, 4.69) is 5.32 Å². The molecular weight excluding hydrogens is 341 g/mol. The van der Waals surface area contributed by atoms with Crippen LogP contribution in [0, 0.1) is 5.41 Å². The summed E-state index contributed by atoms with van der Waals surface area (Å²) in [6.45, 7) is 0. The topological polar surface area (TPSA) is 89.5 Å². The predicted octanol–water partition coefficient (Wildman–Crippen LogP) is -0.979. The monoisotopic (exact) mass is 361 g/mol. The van der Waals surface area contributed by atoms with Crippen molar-refractivity contribution in [1.29, 1.82) is 0 Å². The Balaban J connectivity index is 0.00000243. The Morgan fingerprint density at radius 3 is 2.31 bits per heavy atom. The van der Waals surface area contributed by atoms with Crippen LogP contribution >= 0.6 is 0 Å². The third-order valence-electron chi connectivity index (χ3n) is 4.61. The van der Waals surface area contributed by atoms with Gasteiger partial charge in [0.2, 0.25) is 5.91 Å². The molecule has 1 fully saturated rings. The molecule has 0 bridgehead atoms. The van der Waals surface area contributed by atoms with Crippen LogP contribution in [0.4, 0.5) is 5.69 Å². The van der Waals surface area contributed by atoms with Crippen LogP contribution in [0.15, 0.2) is 54.6 Å². The standard InChI is InChI=1S/C20H21NO4.Na/c22-17(12-20(9-10-20)13-18(23)24)21-16-8-4-7-15(11-16)19(25)14-5-2-1-3-6-14;/h1-8,11,19,25H,9-10,12-13H2,(H,21,22)(H,23,24);/q;+1/p-1. The number of benzene rings is 2. The Morgan fingerprint density at radius 1 is 1.04 bits per heavy atom. The minimum absolute atomic E-state index is 0. The van der Waals surface area contributed by atoms with E-state index in [-0.39, 0.29) is 48.3 Å². The third-order valence-corrected chi connectivity index (χ3v) is 4.61. The van der Waals surface area contributed by atoms with Crippen molar-refractivity contribution in [2.24, 2.45) is 5.41 Å². The molecule has 5 nitrogen and oxygen atoms in total. The molecule has 3 rings (SSSR count). The summed E-state index contributed by atoms with van der Waals surface area (Å²) in [5.74, 6) is -1.33. The molecule has 1 aliphatic carbocycles. The maximum atomic E-state index is 12.2. The maximum Gasteiger partial charge on any atom is 1.00 e. The minimum Gasteiger partial charge on any atom is -0.550 e. The molecule has 1 aliphatic rings. The van der Waals surface area contributed by atoms with Crippen molar-refractivity contribution in [3.8, 4) is 0 Å². The molecule has 1 saturated carbocycles. The second-order valence-corrected chi connectivity index (χ2v) is 6.71. The molecule has 1 unspecified atom stereocenters. The average molecular weight is 361 g/mol. The molecule has 6 heteroatoms. The van der Waals surface area contributed by atoms with Crippen LogP contribution in [0.25, 0.3) is 0 Å². The first-order chi connectivity index (χ1) is 12.0. The summed E-state index contributed by atoms with van der Waals surface area (Å²) in [6, 6.07) is 16.3. The molecule has 2 N–H and O–H groups in total. The van der Waals surface area contributed by atoms with Crippen LogP contribution < -0.4 is 40.0 Å². The Bertz CT molecular complexity index is 774. The number of rotatable bonds is 7. The van der Waals surface area contributed by atoms with Gasteiger partial charge in [-0.05, 0) is 47.9 Å². The number of amides is 1. The van der Waals surface area contributed by atoms with Crippen molar-refractivity contribution in [2.45, 2.75) is 31.8 Å². The fourth-order valence-corrected chi connectivity index (χ4v) is 3.06. The second kappa shape index (κ2) is 8.82. The normalized spacial score (nSPS) is 15.4. The third kappa shape index (κ3) is 5.42. The van der Waals surface area contributed by atoms with Crippen LogP contribution in [0.1, 0.15) is 42.9 Å². The zero-order chi connectivity index (χ0) is 17.9. The van der Waals surface area contributed by atoms with Crippen molar-refractivity contribution in [1.82, 2.24) is 0 Å². The van der Waals surface area contributed by atoms with Crippen LogP contribution in [-0.4, -0.2) is 17.0 Å². The first-order valence-electron chi connectivity index (χ1n) is 8.30. The molecule has 0 radical (unpaired) electrons. The van der Waals surface area contributed by atoms with Gasteiger partial charge < -0.3 is 20.3 Å². The molecule has 2 aromatic carbocycles. The smallest absolute Gasteiger partial charge is 0.550 e. The Hall–Kier alpha value is -1.66. The van der Waals surface area contributed by atoms with Gasteiger partial charge in [0, 0.05) is 18.1 Å². The molecule has 130 valence electrons. The number of hydrogen-bond donors (Lipinski definition) is 2. The van der Waals surface area contributed by atoms with Crippen LogP contribution in [0.3, 0.4) is 0 Å². The average Bonchev–Trinajstić information content (AvgIpc) is 3.33. The summed E-state index contributed by atoms with van der Waals surface area (Å²) in [6.07, 6.45) is 0.799. The first kappa shape index (κ1) is 20.6. The number of aliphatic hydroxyl groups excluding tert-OH is 1. The summed E-state index contributed by atoms with van der Waals surface area (Å²) in [7, 11) is 0. The van der Waals surface area contributed by atoms with Gasteiger partial charge in [-0.2, -0.15) is 0 Å². The maximum absolute atomic E-state index is 12.2. The van der Waals surface area contributed by atoms with E-state index >= 15 is 0 Å². The molecule has 2 aromatic rings. The zero-order valence-electron chi connectivity index (χ0n) is 14.8. The first-order valence-corrected chi connectivity index (χ1v) is 8.30. The van der Waals surface area contributed by atoms with Crippen LogP contribution in [0.5, 0.6) is 0 Å². The number of carboxylic acids is 1. The number of hydrogen-bond acceptors (Lipinski definition) is 4. The molecular formula is C20H20NNaO4. The summed E-state index contributed by atoms with van der Waals surface area (Å²) in [5.41, 5.74) is 1.60. The van der Waals surface area contributed by atoms with E-state index in [9.17, 15) is 19.8 Å². The quantitative estimate of drug-likeness (QED) is 0.621. The van der Waals surface area contributed by atoms with Gasteiger partial charge in [-0.15, -0.1) is 0 Å². The van der Waals surface area contributed by atoms with Gasteiger partial charge in [0.05, 0.1) is 0 Å². The molecule has 0 aliphatic heterocycles. The van der Waals surface area contributed by atoms with Crippen LogP contribution in [-0.2, 0) is 9.59 Å². The Kier molecular flexibility index (Phi) is 7.01. The number of carbonyl (C=O) groups excluding carboxylic acids is 2. The predicted molar refractivity (Wildman–Crippen MR) is 91.5 cm³/mol. The Morgan fingerprint density at radius 2 is 1.69 bits per heavy atom. The van der Waals surface area contributed by atoms with Crippen molar-refractivity contribution >= 4 is 17.6 Å². The fourth-order valence-electron chi connectivity index (χ4n) is 3.06. The van der Waals surface area contributed by atoms with Gasteiger partial charge >= 0.3 is 29.6 Å². The van der Waals surface area contributed by atoms with Gasteiger partial charge in [-0.25, -0.2) is 0 Å². The van der Waals surface area contributed by atoms with Crippen molar-refractivity contribution < 1.29 is 49.4 Å². The van der Waals surface area contributed by atoms with E-state index in [0.717, 1.165) is 18.4 Å². The molecule has 0 aromatic heterocycles. The number of carbonyl (C=O) groups is 2. The number of nitrogens with one attached hydrogen (secondary N) is 1. The second-order valence-electron chi connectivity index (χ2n) is 6.71.